The average molecular weight is 430 g/mol. The third-order valence-corrected chi connectivity index (χ3v) is 8.00. The minimum absolute atomic E-state index is 0.0977. The molecule has 0 spiro atoms. The molecule has 1 aromatic rings. The first-order chi connectivity index (χ1) is 14.3. The van der Waals surface area contributed by atoms with Gasteiger partial charge in [0.2, 0.25) is 11.8 Å². The monoisotopic (exact) mass is 429 g/mol. The van der Waals surface area contributed by atoms with E-state index in [-0.39, 0.29) is 28.9 Å². The Morgan fingerprint density at radius 2 is 1.63 bits per heavy atom. The summed E-state index contributed by atoms with van der Waals surface area (Å²) in [5.74, 6) is 2.17. The molecule has 7 heteroatoms. The van der Waals surface area contributed by atoms with E-state index in [2.05, 4.69) is 10.6 Å². The van der Waals surface area contributed by atoms with Crippen LogP contribution < -0.4 is 10.6 Å². The van der Waals surface area contributed by atoms with Gasteiger partial charge in [0.05, 0.1) is 5.69 Å². The summed E-state index contributed by atoms with van der Waals surface area (Å²) in [4.78, 5) is 39.6. The number of benzene rings is 1. The molecule has 162 valence electrons. The fourth-order valence-corrected chi connectivity index (χ4v) is 6.67. The Morgan fingerprint density at radius 3 is 2.23 bits per heavy atom. The molecule has 30 heavy (non-hydrogen) atoms. The molecule has 4 fully saturated rings. The Bertz CT molecular complexity index is 803. The van der Waals surface area contributed by atoms with Gasteiger partial charge in [-0.15, -0.1) is 0 Å². The van der Waals surface area contributed by atoms with Crippen molar-refractivity contribution in [2.24, 2.45) is 23.2 Å². The number of thioether (sulfide) groups is 1. The van der Waals surface area contributed by atoms with E-state index in [4.69, 9.17) is 0 Å². The van der Waals surface area contributed by atoms with Gasteiger partial charge in [0.15, 0.2) is 0 Å². The van der Waals surface area contributed by atoms with Gasteiger partial charge in [0.25, 0.3) is 5.24 Å². The number of carbonyl (C=O) groups excluding carboxylic acids is 3. The summed E-state index contributed by atoms with van der Waals surface area (Å²) in [6, 6.07) is 7.27. The van der Waals surface area contributed by atoms with Crippen molar-refractivity contribution in [1.29, 1.82) is 0 Å². The lowest BCUT2D eigenvalue weighted by Gasteiger charge is -2.55. The first-order valence-corrected chi connectivity index (χ1v) is 11.7. The van der Waals surface area contributed by atoms with Crippen LogP contribution in [0.15, 0.2) is 29.2 Å². The lowest BCUT2D eigenvalue weighted by Crippen LogP contribution is -2.53. The Hall–Kier alpha value is -2.02. The molecule has 0 atom stereocenters. The van der Waals surface area contributed by atoms with E-state index < -0.39 is 0 Å². The molecule has 4 aliphatic rings. The predicted molar refractivity (Wildman–Crippen MR) is 118 cm³/mol. The fourth-order valence-electron chi connectivity index (χ4n) is 5.92. The van der Waals surface area contributed by atoms with Crippen molar-refractivity contribution in [1.82, 2.24) is 10.2 Å². The van der Waals surface area contributed by atoms with Crippen LogP contribution in [0.1, 0.15) is 44.9 Å². The van der Waals surface area contributed by atoms with Crippen LogP contribution in [0.4, 0.5) is 10.5 Å². The maximum atomic E-state index is 13.0. The number of amides is 3. The van der Waals surface area contributed by atoms with Crippen molar-refractivity contribution in [2.45, 2.75) is 49.8 Å². The quantitative estimate of drug-likeness (QED) is 0.667. The van der Waals surface area contributed by atoms with Crippen molar-refractivity contribution in [3.05, 3.63) is 24.3 Å². The maximum absolute atomic E-state index is 13.0. The third-order valence-electron chi connectivity index (χ3n) is 6.88. The minimum atomic E-state index is -0.180. The van der Waals surface area contributed by atoms with E-state index >= 15 is 0 Å². The third kappa shape index (κ3) is 4.51. The zero-order valence-corrected chi connectivity index (χ0v) is 18.6. The molecule has 0 unspecified atom stereocenters. The highest BCUT2D eigenvalue weighted by molar-refractivity contribution is 8.13. The molecule has 3 amide bonds. The van der Waals surface area contributed by atoms with Gasteiger partial charge in [-0.3, -0.25) is 14.4 Å². The highest BCUT2D eigenvalue weighted by atomic mass is 32.2. The van der Waals surface area contributed by atoms with E-state index in [1.165, 1.54) is 24.2 Å². The maximum Gasteiger partial charge on any atom is 0.286 e. The number of hydrogen-bond acceptors (Lipinski definition) is 4. The van der Waals surface area contributed by atoms with Gasteiger partial charge in [0.1, 0.15) is 0 Å². The number of para-hydroxylation sites is 1. The van der Waals surface area contributed by atoms with Crippen LogP contribution in [-0.4, -0.2) is 42.6 Å². The molecule has 4 aliphatic carbocycles. The van der Waals surface area contributed by atoms with Crippen molar-refractivity contribution in [3.8, 4) is 0 Å². The summed E-state index contributed by atoms with van der Waals surface area (Å²) >= 11 is 1.08. The summed E-state index contributed by atoms with van der Waals surface area (Å²) in [6.45, 7) is 0.346. The molecule has 0 radical (unpaired) electrons. The molecule has 1 aromatic carbocycles. The Balaban J connectivity index is 1.28. The Morgan fingerprint density at radius 1 is 1.03 bits per heavy atom. The molecule has 0 saturated heterocycles. The highest BCUT2D eigenvalue weighted by Gasteiger charge is 2.54. The number of nitrogens with zero attached hydrogens (tertiary/aromatic N) is 1. The van der Waals surface area contributed by atoms with Crippen LogP contribution >= 0.6 is 11.8 Å². The van der Waals surface area contributed by atoms with E-state index in [0.29, 0.717) is 17.1 Å². The second-order valence-corrected chi connectivity index (χ2v) is 10.5. The number of hydrogen-bond donors (Lipinski definition) is 2. The van der Waals surface area contributed by atoms with Gasteiger partial charge >= 0.3 is 0 Å². The highest BCUT2D eigenvalue weighted by Crippen LogP contribution is 2.60. The molecule has 0 aromatic heterocycles. The minimum Gasteiger partial charge on any atom is -0.355 e. The van der Waals surface area contributed by atoms with E-state index in [9.17, 15) is 14.4 Å². The Kier molecular flexibility index (Phi) is 6.09. The zero-order chi connectivity index (χ0) is 21.3. The summed E-state index contributed by atoms with van der Waals surface area (Å²) in [5, 5.41) is 5.84. The van der Waals surface area contributed by atoms with Gasteiger partial charge in [-0.2, -0.15) is 0 Å². The molecule has 0 heterocycles. The first kappa shape index (κ1) is 21.2. The van der Waals surface area contributed by atoms with Crippen LogP contribution in [0.25, 0.3) is 0 Å². The molecule has 0 aliphatic heterocycles. The SMILES string of the molecule is CN(C)C(=O)Sc1ccccc1NC(=O)CCNC(=O)C12CC3CC(CC(C3)C1)C2. The lowest BCUT2D eigenvalue weighted by atomic mass is 9.49. The molecular weight excluding hydrogens is 398 g/mol. The summed E-state index contributed by atoms with van der Waals surface area (Å²) in [7, 11) is 3.39. The number of anilines is 1. The Labute approximate surface area is 182 Å². The second kappa shape index (κ2) is 8.61. The van der Waals surface area contributed by atoms with Gasteiger partial charge in [0, 0.05) is 37.4 Å². The van der Waals surface area contributed by atoms with Gasteiger partial charge in [-0.05, 0) is 80.2 Å². The summed E-state index contributed by atoms with van der Waals surface area (Å²) in [5.41, 5.74) is 0.441. The van der Waals surface area contributed by atoms with Crippen molar-refractivity contribution < 1.29 is 14.4 Å². The topological polar surface area (TPSA) is 78.5 Å². The van der Waals surface area contributed by atoms with Crippen molar-refractivity contribution in [2.75, 3.05) is 26.0 Å². The van der Waals surface area contributed by atoms with Gasteiger partial charge < -0.3 is 15.5 Å². The number of rotatable bonds is 6. The molecule has 4 bridgehead atoms. The van der Waals surface area contributed by atoms with Crippen LogP contribution in [0.2, 0.25) is 0 Å². The number of nitrogens with one attached hydrogen (secondary N) is 2. The summed E-state index contributed by atoms with van der Waals surface area (Å²) < 4.78 is 0. The van der Waals surface area contributed by atoms with E-state index in [0.717, 1.165) is 48.8 Å². The van der Waals surface area contributed by atoms with Crippen molar-refractivity contribution >= 4 is 34.5 Å². The molecule has 6 nitrogen and oxygen atoms in total. The largest absolute Gasteiger partial charge is 0.355 e. The van der Waals surface area contributed by atoms with Gasteiger partial charge in [-0.1, -0.05) is 12.1 Å². The molecular formula is C23H31N3O3S. The van der Waals surface area contributed by atoms with Crippen LogP contribution in [-0.2, 0) is 9.59 Å². The normalized spacial score (nSPS) is 28.8. The fraction of sp³-hybridized carbons (Fsp3) is 0.609. The smallest absolute Gasteiger partial charge is 0.286 e. The van der Waals surface area contributed by atoms with Crippen LogP contribution in [0.5, 0.6) is 0 Å². The van der Waals surface area contributed by atoms with E-state index in [1.807, 2.05) is 18.2 Å². The van der Waals surface area contributed by atoms with Crippen LogP contribution in [0.3, 0.4) is 0 Å². The zero-order valence-electron chi connectivity index (χ0n) is 17.8. The first-order valence-electron chi connectivity index (χ1n) is 10.9. The van der Waals surface area contributed by atoms with Gasteiger partial charge in [-0.25, -0.2) is 0 Å². The average Bonchev–Trinajstić information content (AvgIpc) is 2.68. The second-order valence-electron chi connectivity index (χ2n) is 9.51. The molecule has 2 N–H and O–H groups in total. The van der Waals surface area contributed by atoms with E-state index in [1.54, 1.807) is 20.2 Å². The van der Waals surface area contributed by atoms with Crippen molar-refractivity contribution in [3.63, 3.8) is 0 Å². The molecule has 5 rings (SSSR count). The number of carbonyl (C=O) groups is 3. The predicted octanol–water partition coefficient (Wildman–Crippen LogP) is 4.12. The lowest BCUT2D eigenvalue weighted by molar-refractivity contribution is -0.146. The summed E-state index contributed by atoms with van der Waals surface area (Å²) in [6.07, 6.45) is 7.23. The standard InChI is InChI=1S/C23H31N3O3S/c1-26(2)22(29)30-19-6-4-3-5-18(19)25-20(27)7-8-24-21(28)23-12-15-9-16(13-23)11-17(10-15)14-23/h3-6,15-17H,7-14H2,1-2H3,(H,24,28)(H,25,27). The van der Waals surface area contributed by atoms with Crippen LogP contribution in [0, 0.1) is 23.2 Å². The molecule has 4 saturated carbocycles.